The number of oxazole rings is 1. The first-order valence-electron chi connectivity index (χ1n) is 8.03. The molecule has 3 rings (SSSR count). The molecule has 0 fully saturated rings. The highest BCUT2D eigenvalue weighted by atomic mass is 32.1. The number of benzene rings is 1. The van der Waals surface area contributed by atoms with Crippen molar-refractivity contribution in [2.45, 2.75) is 20.3 Å². The Balaban J connectivity index is 1.51. The van der Waals surface area contributed by atoms with Gasteiger partial charge in [-0.25, -0.2) is 4.98 Å². The first-order valence-corrected chi connectivity index (χ1v) is 8.91. The molecule has 7 heteroatoms. The van der Waals surface area contributed by atoms with Gasteiger partial charge in [-0.2, -0.15) is 0 Å². The van der Waals surface area contributed by atoms with Crippen molar-refractivity contribution in [2.75, 3.05) is 11.9 Å². The molecular weight excluding hydrogens is 352 g/mol. The highest BCUT2D eigenvalue weighted by molar-refractivity contribution is 7.13. The van der Waals surface area contributed by atoms with E-state index >= 15 is 0 Å². The molecule has 0 spiro atoms. The molecule has 0 bridgehead atoms. The maximum absolute atomic E-state index is 12.0. The van der Waals surface area contributed by atoms with Gasteiger partial charge in [0.25, 0.3) is 5.91 Å². The van der Waals surface area contributed by atoms with Crippen LogP contribution in [0, 0.1) is 13.8 Å². The number of carbonyl (C=O) groups is 2. The van der Waals surface area contributed by atoms with Crippen LogP contribution < -0.4 is 5.32 Å². The van der Waals surface area contributed by atoms with Crippen molar-refractivity contribution in [2.24, 2.45) is 0 Å². The summed E-state index contributed by atoms with van der Waals surface area (Å²) in [6, 6.07) is 11.2. The number of carbonyl (C=O) groups excluding carboxylic acids is 2. The van der Waals surface area contributed by atoms with Crippen LogP contribution in [0.4, 0.5) is 5.69 Å². The Hall–Kier alpha value is -2.93. The number of hydrogen-bond donors (Lipinski definition) is 1. The van der Waals surface area contributed by atoms with Crippen molar-refractivity contribution in [1.82, 2.24) is 4.98 Å². The Labute approximate surface area is 154 Å². The molecule has 1 N–H and O–H groups in total. The molecule has 0 radical (unpaired) electrons. The average molecular weight is 370 g/mol. The second-order valence-corrected chi connectivity index (χ2v) is 6.70. The van der Waals surface area contributed by atoms with Gasteiger partial charge in [0.15, 0.2) is 6.61 Å². The van der Waals surface area contributed by atoms with Crippen molar-refractivity contribution in [3.05, 3.63) is 58.8 Å². The molecule has 0 aliphatic rings. The van der Waals surface area contributed by atoms with Crippen molar-refractivity contribution in [3.8, 4) is 10.8 Å². The van der Waals surface area contributed by atoms with Crippen molar-refractivity contribution in [1.29, 1.82) is 0 Å². The lowest BCUT2D eigenvalue weighted by Gasteiger charge is -2.06. The quantitative estimate of drug-likeness (QED) is 0.669. The van der Waals surface area contributed by atoms with E-state index in [1.807, 2.05) is 36.6 Å². The van der Waals surface area contributed by atoms with E-state index in [4.69, 9.17) is 9.15 Å². The minimum Gasteiger partial charge on any atom is -0.455 e. The van der Waals surface area contributed by atoms with E-state index in [0.29, 0.717) is 23.0 Å². The number of aromatic nitrogens is 1. The van der Waals surface area contributed by atoms with Crippen LogP contribution in [0.3, 0.4) is 0 Å². The molecule has 26 heavy (non-hydrogen) atoms. The minimum atomic E-state index is -0.529. The summed E-state index contributed by atoms with van der Waals surface area (Å²) in [5, 5.41) is 4.60. The molecule has 0 atom stereocenters. The van der Waals surface area contributed by atoms with Crippen LogP contribution in [0.5, 0.6) is 0 Å². The van der Waals surface area contributed by atoms with E-state index in [0.717, 1.165) is 10.4 Å². The first-order chi connectivity index (χ1) is 12.5. The summed E-state index contributed by atoms with van der Waals surface area (Å²) >= 11 is 1.51. The molecule has 1 amide bonds. The van der Waals surface area contributed by atoms with Gasteiger partial charge in [0.1, 0.15) is 5.76 Å². The molecule has 1 aromatic carbocycles. The number of ether oxygens (including phenoxy) is 1. The highest BCUT2D eigenvalue weighted by Crippen LogP contribution is 2.26. The molecule has 134 valence electrons. The minimum absolute atomic E-state index is 0.0431. The zero-order valence-corrected chi connectivity index (χ0v) is 15.3. The molecule has 0 aliphatic carbocycles. The third-order valence-corrected chi connectivity index (χ3v) is 4.49. The molecule has 0 saturated heterocycles. The molecule has 0 unspecified atom stereocenters. The zero-order valence-electron chi connectivity index (χ0n) is 14.4. The second kappa shape index (κ2) is 7.97. The van der Waals surface area contributed by atoms with Gasteiger partial charge < -0.3 is 14.5 Å². The number of hydrogen-bond acceptors (Lipinski definition) is 6. The summed E-state index contributed by atoms with van der Waals surface area (Å²) in [4.78, 5) is 29.1. The van der Waals surface area contributed by atoms with Gasteiger partial charge in [0.05, 0.1) is 17.0 Å². The van der Waals surface area contributed by atoms with Gasteiger partial charge in [-0.1, -0.05) is 23.8 Å². The van der Waals surface area contributed by atoms with Crippen LogP contribution in [0.25, 0.3) is 10.8 Å². The van der Waals surface area contributed by atoms with E-state index < -0.39 is 11.9 Å². The summed E-state index contributed by atoms with van der Waals surface area (Å²) < 4.78 is 10.6. The Kier molecular flexibility index (Phi) is 5.48. The summed E-state index contributed by atoms with van der Waals surface area (Å²) in [5.41, 5.74) is 2.27. The zero-order chi connectivity index (χ0) is 18.5. The standard InChI is InChI=1S/C19H18N2O4S/c1-12-5-7-14(8-6-12)20-17(22)11-24-18(23)10-15-13(2)25-19(21-15)16-4-3-9-26-16/h3-9H,10-11H2,1-2H3,(H,20,22). The lowest BCUT2D eigenvalue weighted by atomic mass is 10.2. The Morgan fingerprint density at radius 3 is 2.65 bits per heavy atom. The van der Waals surface area contributed by atoms with E-state index in [1.54, 1.807) is 19.1 Å². The van der Waals surface area contributed by atoms with Gasteiger partial charge in [0, 0.05) is 5.69 Å². The largest absolute Gasteiger partial charge is 0.455 e. The normalized spacial score (nSPS) is 10.5. The van der Waals surface area contributed by atoms with Crippen LogP contribution in [-0.2, 0) is 20.7 Å². The van der Waals surface area contributed by atoms with Gasteiger partial charge in [-0.15, -0.1) is 11.3 Å². The predicted octanol–water partition coefficient (Wildman–Crippen LogP) is 3.74. The Morgan fingerprint density at radius 1 is 1.19 bits per heavy atom. The third kappa shape index (κ3) is 4.58. The molecule has 3 aromatic rings. The summed E-state index contributed by atoms with van der Waals surface area (Å²) in [6.45, 7) is 3.36. The topological polar surface area (TPSA) is 81.4 Å². The number of thiophene rings is 1. The van der Waals surface area contributed by atoms with E-state index in [9.17, 15) is 9.59 Å². The highest BCUT2D eigenvalue weighted by Gasteiger charge is 2.17. The summed E-state index contributed by atoms with van der Waals surface area (Å²) in [6.07, 6.45) is -0.0431. The third-order valence-electron chi connectivity index (χ3n) is 3.64. The van der Waals surface area contributed by atoms with Crippen LogP contribution >= 0.6 is 11.3 Å². The fraction of sp³-hybridized carbons (Fsp3) is 0.211. The monoisotopic (exact) mass is 370 g/mol. The maximum Gasteiger partial charge on any atom is 0.312 e. The van der Waals surface area contributed by atoms with Gasteiger partial charge >= 0.3 is 5.97 Å². The number of rotatable bonds is 6. The number of esters is 1. The number of aryl methyl sites for hydroxylation is 2. The molecular formula is C19H18N2O4S. The van der Waals surface area contributed by atoms with E-state index in [-0.39, 0.29) is 13.0 Å². The molecule has 2 heterocycles. The molecule has 0 aliphatic heterocycles. The fourth-order valence-corrected chi connectivity index (χ4v) is 2.91. The second-order valence-electron chi connectivity index (χ2n) is 5.75. The molecule has 6 nitrogen and oxygen atoms in total. The van der Waals surface area contributed by atoms with Gasteiger partial charge in [-0.3, -0.25) is 9.59 Å². The first kappa shape index (κ1) is 17.9. The molecule has 2 aromatic heterocycles. The van der Waals surface area contributed by atoms with E-state index in [1.165, 1.54) is 11.3 Å². The van der Waals surface area contributed by atoms with Crippen molar-refractivity contribution in [3.63, 3.8) is 0 Å². The van der Waals surface area contributed by atoms with Crippen LogP contribution in [0.1, 0.15) is 17.0 Å². The Bertz CT molecular complexity index is 898. The van der Waals surface area contributed by atoms with Crippen LogP contribution in [0.15, 0.2) is 46.2 Å². The summed E-state index contributed by atoms with van der Waals surface area (Å²) in [7, 11) is 0. The predicted molar refractivity (Wildman–Crippen MR) is 99.0 cm³/mol. The SMILES string of the molecule is Cc1ccc(NC(=O)COC(=O)Cc2nc(-c3cccs3)oc2C)cc1. The van der Waals surface area contributed by atoms with Crippen LogP contribution in [-0.4, -0.2) is 23.5 Å². The summed E-state index contributed by atoms with van der Waals surface area (Å²) in [5.74, 6) is 0.128. The fourth-order valence-electron chi connectivity index (χ4n) is 2.27. The number of nitrogens with one attached hydrogen (secondary N) is 1. The van der Waals surface area contributed by atoms with Crippen molar-refractivity contribution >= 4 is 28.9 Å². The maximum atomic E-state index is 12.0. The van der Waals surface area contributed by atoms with E-state index in [2.05, 4.69) is 10.3 Å². The number of anilines is 1. The number of nitrogens with zero attached hydrogens (tertiary/aromatic N) is 1. The van der Waals surface area contributed by atoms with Gasteiger partial charge in [-0.05, 0) is 37.4 Å². The van der Waals surface area contributed by atoms with Crippen LogP contribution in [0.2, 0.25) is 0 Å². The lowest BCUT2D eigenvalue weighted by molar-refractivity contribution is -0.146. The van der Waals surface area contributed by atoms with Gasteiger partial charge in [0.2, 0.25) is 5.89 Å². The van der Waals surface area contributed by atoms with Crippen molar-refractivity contribution < 1.29 is 18.7 Å². The average Bonchev–Trinajstić information content (AvgIpc) is 3.26. The Morgan fingerprint density at radius 2 is 1.96 bits per heavy atom. The smallest absolute Gasteiger partial charge is 0.312 e. The lowest BCUT2D eigenvalue weighted by Crippen LogP contribution is -2.21. The number of amides is 1. The molecule has 0 saturated carbocycles.